The Morgan fingerprint density at radius 1 is 0.718 bits per heavy atom. The van der Waals surface area contributed by atoms with E-state index in [0.29, 0.717) is 16.9 Å². The summed E-state index contributed by atoms with van der Waals surface area (Å²) in [6, 6.07) is 36.0. The lowest BCUT2D eigenvalue weighted by Gasteiger charge is -2.10. The first kappa shape index (κ1) is 22.7. The van der Waals surface area contributed by atoms with Crippen LogP contribution in [0.1, 0.15) is 0 Å². The Balaban J connectivity index is 1.31. The second-order valence-electron chi connectivity index (χ2n) is 9.13. The van der Waals surface area contributed by atoms with Crippen molar-refractivity contribution in [2.24, 2.45) is 0 Å². The Hall–Kier alpha value is -5.43. The Kier molecular flexibility index (Phi) is 5.52. The average Bonchev–Trinajstić information content (AvgIpc) is 3.55. The summed E-state index contributed by atoms with van der Waals surface area (Å²) in [6.07, 6.45) is 1.98. The number of halogens is 1. The molecule has 188 valence electrons. The van der Waals surface area contributed by atoms with Crippen LogP contribution in [-0.4, -0.2) is 19.4 Å². The molecular weight excluding hydrogens is 489 g/mol. The molecule has 0 saturated heterocycles. The second kappa shape index (κ2) is 9.46. The van der Waals surface area contributed by atoms with Crippen LogP contribution in [0.3, 0.4) is 0 Å². The Morgan fingerprint density at radius 2 is 1.44 bits per heavy atom. The van der Waals surface area contributed by atoms with E-state index in [0.717, 1.165) is 45.5 Å². The van der Waals surface area contributed by atoms with E-state index in [-0.39, 0.29) is 5.82 Å². The number of ether oxygens (including phenoxy) is 1. The molecule has 0 saturated carbocycles. The summed E-state index contributed by atoms with van der Waals surface area (Å²) in [7, 11) is 0. The van der Waals surface area contributed by atoms with Gasteiger partial charge in [-0.15, -0.1) is 0 Å². The fraction of sp³-hybridized carbons (Fsp3) is 0. The van der Waals surface area contributed by atoms with Gasteiger partial charge in [0.05, 0.1) is 11.0 Å². The zero-order valence-corrected chi connectivity index (χ0v) is 20.7. The van der Waals surface area contributed by atoms with E-state index in [1.807, 2.05) is 108 Å². The SMILES string of the molecule is Fc1ccc2nc(-c3ccc4nc(-c5ccc(Oc6ccccc6)cc5)c(Nc5ccccc5)n4c3)[nH]c2c1. The second-order valence-corrected chi connectivity index (χ2v) is 9.13. The minimum absolute atomic E-state index is 0.304. The molecule has 0 aliphatic carbocycles. The molecule has 3 heterocycles. The van der Waals surface area contributed by atoms with Crippen LogP contribution in [-0.2, 0) is 0 Å². The van der Waals surface area contributed by atoms with Crippen LogP contribution < -0.4 is 10.1 Å². The van der Waals surface area contributed by atoms with Crippen molar-refractivity contribution in [3.8, 4) is 34.1 Å². The van der Waals surface area contributed by atoms with Gasteiger partial charge in [0.2, 0.25) is 0 Å². The Bertz CT molecular complexity index is 1910. The van der Waals surface area contributed by atoms with Gasteiger partial charge < -0.3 is 15.0 Å². The predicted molar refractivity (Wildman–Crippen MR) is 152 cm³/mol. The van der Waals surface area contributed by atoms with Crippen LogP contribution in [0.5, 0.6) is 11.5 Å². The van der Waals surface area contributed by atoms with E-state index < -0.39 is 0 Å². The number of rotatable bonds is 6. The molecule has 0 spiro atoms. The van der Waals surface area contributed by atoms with E-state index in [9.17, 15) is 4.39 Å². The summed E-state index contributed by atoms with van der Waals surface area (Å²) in [5, 5.41) is 3.55. The lowest BCUT2D eigenvalue weighted by Crippen LogP contribution is -1.97. The molecule has 4 aromatic carbocycles. The number of hydrogen-bond donors (Lipinski definition) is 2. The van der Waals surface area contributed by atoms with E-state index in [1.54, 1.807) is 6.07 Å². The van der Waals surface area contributed by atoms with E-state index >= 15 is 0 Å². The van der Waals surface area contributed by atoms with Gasteiger partial charge in [0.25, 0.3) is 0 Å². The summed E-state index contributed by atoms with van der Waals surface area (Å²) in [5.74, 6) is 2.69. The third kappa shape index (κ3) is 4.46. The number of para-hydroxylation sites is 2. The molecule has 7 aromatic rings. The predicted octanol–water partition coefficient (Wildman–Crippen LogP) is 8.22. The maximum atomic E-state index is 13.7. The van der Waals surface area contributed by atoms with Crippen molar-refractivity contribution in [3.63, 3.8) is 0 Å². The van der Waals surface area contributed by atoms with Crippen LogP contribution >= 0.6 is 0 Å². The van der Waals surface area contributed by atoms with Crippen molar-refractivity contribution in [3.05, 3.63) is 127 Å². The van der Waals surface area contributed by atoms with Gasteiger partial charge >= 0.3 is 0 Å². The highest BCUT2D eigenvalue weighted by Crippen LogP contribution is 2.34. The van der Waals surface area contributed by atoms with Gasteiger partial charge in [-0.05, 0) is 78.9 Å². The first-order chi connectivity index (χ1) is 19.2. The van der Waals surface area contributed by atoms with Gasteiger partial charge in [0, 0.05) is 23.0 Å². The van der Waals surface area contributed by atoms with Crippen molar-refractivity contribution in [2.75, 3.05) is 5.32 Å². The highest BCUT2D eigenvalue weighted by molar-refractivity contribution is 5.82. The van der Waals surface area contributed by atoms with Crippen LogP contribution in [0.15, 0.2) is 121 Å². The number of nitrogens with one attached hydrogen (secondary N) is 2. The number of anilines is 2. The number of hydrogen-bond acceptors (Lipinski definition) is 4. The molecule has 0 radical (unpaired) electrons. The number of nitrogens with zero attached hydrogens (tertiary/aromatic N) is 3. The standard InChI is InChI=1S/C32H22FN5O/c33-23-14-17-27-28(19-23)36-31(35-27)22-13-18-29-37-30(32(38(29)20-22)34-24-7-3-1-4-8-24)21-11-15-26(16-12-21)39-25-9-5-2-6-10-25/h1-20,34H,(H,35,36). The Morgan fingerprint density at radius 3 is 2.23 bits per heavy atom. The van der Waals surface area contributed by atoms with Crippen molar-refractivity contribution < 1.29 is 9.13 Å². The topological polar surface area (TPSA) is 67.2 Å². The third-order valence-electron chi connectivity index (χ3n) is 6.48. The third-order valence-corrected chi connectivity index (χ3v) is 6.48. The van der Waals surface area contributed by atoms with Crippen molar-refractivity contribution in [1.82, 2.24) is 19.4 Å². The fourth-order valence-electron chi connectivity index (χ4n) is 4.59. The zero-order valence-electron chi connectivity index (χ0n) is 20.7. The number of benzene rings is 4. The van der Waals surface area contributed by atoms with Crippen molar-refractivity contribution in [2.45, 2.75) is 0 Å². The number of aromatic amines is 1. The minimum atomic E-state index is -0.304. The molecule has 0 bridgehead atoms. The van der Waals surface area contributed by atoms with Gasteiger partial charge in [-0.25, -0.2) is 14.4 Å². The number of imidazole rings is 2. The van der Waals surface area contributed by atoms with Crippen LogP contribution in [0.2, 0.25) is 0 Å². The maximum Gasteiger partial charge on any atom is 0.143 e. The molecule has 7 heteroatoms. The summed E-state index contributed by atoms with van der Waals surface area (Å²) in [4.78, 5) is 12.9. The van der Waals surface area contributed by atoms with Crippen LogP contribution in [0.4, 0.5) is 15.9 Å². The van der Waals surface area contributed by atoms with Crippen molar-refractivity contribution >= 4 is 28.2 Å². The molecule has 0 unspecified atom stereocenters. The number of pyridine rings is 1. The highest BCUT2D eigenvalue weighted by atomic mass is 19.1. The number of aromatic nitrogens is 4. The Labute approximate surface area is 223 Å². The molecule has 2 N–H and O–H groups in total. The minimum Gasteiger partial charge on any atom is -0.457 e. The average molecular weight is 512 g/mol. The smallest absolute Gasteiger partial charge is 0.143 e. The van der Waals surface area contributed by atoms with Gasteiger partial charge in [0.15, 0.2) is 0 Å². The molecule has 0 fully saturated rings. The molecule has 0 atom stereocenters. The summed E-state index contributed by atoms with van der Waals surface area (Å²) in [6.45, 7) is 0. The molecule has 7 rings (SSSR count). The normalized spacial score (nSPS) is 11.2. The molecule has 6 nitrogen and oxygen atoms in total. The van der Waals surface area contributed by atoms with E-state index in [1.165, 1.54) is 12.1 Å². The zero-order chi connectivity index (χ0) is 26.2. The lowest BCUT2D eigenvalue weighted by atomic mass is 10.1. The first-order valence-electron chi connectivity index (χ1n) is 12.5. The number of H-pyrrole nitrogens is 1. The van der Waals surface area contributed by atoms with Crippen LogP contribution in [0, 0.1) is 5.82 Å². The van der Waals surface area contributed by atoms with Gasteiger partial charge in [-0.3, -0.25) is 4.40 Å². The molecule has 0 aliphatic rings. The van der Waals surface area contributed by atoms with Crippen LogP contribution in [0.25, 0.3) is 39.3 Å². The maximum absolute atomic E-state index is 13.7. The van der Waals surface area contributed by atoms with E-state index in [4.69, 9.17) is 9.72 Å². The van der Waals surface area contributed by atoms with Gasteiger partial charge in [-0.2, -0.15) is 0 Å². The molecule has 0 amide bonds. The summed E-state index contributed by atoms with van der Waals surface area (Å²) >= 11 is 0. The quantitative estimate of drug-likeness (QED) is 0.236. The summed E-state index contributed by atoms with van der Waals surface area (Å²) in [5.41, 5.74) is 5.67. The first-order valence-corrected chi connectivity index (χ1v) is 12.5. The van der Waals surface area contributed by atoms with Gasteiger partial charge in [-0.1, -0.05) is 36.4 Å². The highest BCUT2D eigenvalue weighted by Gasteiger charge is 2.17. The number of fused-ring (bicyclic) bond motifs is 2. The monoisotopic (exact) mass is 511 g/mol. The van der Waals surface area contributed by atoms with E-state index in [2.05, 4.69) is 15.3 Å². The lowest BCUT2D eigenvalue weighted by molar-refractivity contribution is 0.483. The summed E-state index contributed by atoms with van der Waals surface area (Å²) < 4.78 is 21.7. The van der Waals surface area contributed by atoms with Crippen molar-refractivity contribution in [1.29, 1.82) is 0 Å². The fourth-order valence-corrected chi connectivity index (χ4v) is 4.59. The molecule has 39 heavy (non-hydrogen) atoms. The molecular formula is C32H22FN5O. The molecule has 0 aliphatic heterocycles. The van der Waals surface area contributed by atoms with Gasteiger partial charge in [0.1, 0.15) is 40.3 Å². The molecule has 3 aromatic heterocycles. The largest absolute Gasteiger partial charge is 0.457 e.